The second-order valence-electron chi connectivity index (χ2n) is 8.67. The lowest BCUT2D eigenvalue weighted by Gasteiger charge is -2.32. The molecule has 6 heteroatoms. The van der Waals surface area contributed by atoms with Crippen LogP contribution in [0, 0.1) is 0 Å². The van der Waals surface area contributed by atoms with Crippen LogP contribution in [0.2, 0.25) is 0 Å². The van der Waals surface area contributed by atoms with Crippen LogP contribution >= 0.6 is 0 Å². The normalized spacial score (nSPS) is 15.9. The first kappa shape index (κ1) is 20.6. The van der Waals surface area contributed by atoms with Gasteiger partial charge in [0.25, 0.3) is 0 Å². The molecule has 0 radical (unpaired) electrons. The molecule has 1 aliphatic carbocycles. The summed E-state index contributed by atoms with van der Waals surface area (Å²) in [6.45, 7) is 4.08. The number of hydrogen-bond acceptors (Lipinski definition) is 6. The van der Waals surface area contributed by atoms with Gasteiger partial charge in [-0.3, -0.25) is 0 Å². The van der Waals surface area contributed by atoms with E-state index in [0.717, 1.165) is 43.2 Å². The number of benzene rings is 2. The van der Waals surface area contributed by atoms with Crippen LogP contribution in [0.5, 0.6) is 0 Å². The summed E-state index contributed by atoms with van der Waals surface area (Å²) < 4.78 is 11.6. The number of hydrogen-bond donors (Lipinski definition) is 0. The summed E-state index contributed by atoms with van der Waals surface area (Å²) >= 11 is 0. The van der Waals surface area contributed by atoms with Crippen LogP contribution in [0.4, 0.5) is 0 Å². The highest BCUT2D eigenvalue weighted by Gasteiger charge is 2.44. The third-order valence-corrected chi connectivity index (χ3v) is 6.73. The molecule has 5 rings (SSSR count). The van der Waals surface area contributed by atoms with Gasteiger partial charge in [0, 0.05) is 0 Å². The molecule has 1 aliphatic rings. The van der Waals surface area contributed by atoms with Crippen molar-refractivity contribution in [3.8, 4) is 0 Å². The molecule has 1 saturated carbocycles. The van der Waals surface area contributed by atoms with Crippen molar-refractivity contribution in [3.63, 3.8) is 0 Å². The Morgan fingerprint density at radius 3 is 1.66 bits per heavy atom. The monoisotopic (exact) mass is 430 g/mol. The molecule has 0 aliphatic heterocycles. The number of rotatable bonds is 4. The summed E-state index contributed by atoms with van der Waals surface area (Å²) in [6, 6.07) is 11.4. The van der Waals surface area contributed by atoms with E-state index in [9.17, 15) is 9.59 Å². The van der Waals surface area contributed by atoms with Gasteiger partial charge in [-0.05, 0) is 61.1 Å². The fraction of sp³-hybridized carbons (Fsp3) is 0.385. The third kappa shape index (κ3) is 3.34. The van der Waals surface area contributed by atoms with E-state index in [1.54, 1.807) is 0 Å². The molecule has 1 fully saturated rings. The zero-order valence-corrected chi connectivity index (χ0v) is 18.4. The van der Waals surface area contributed by atoms with E-state index in [4.69, 9.17) is 18.8 Å². The van der Waals surface area contributed by atoms with Gasteiger partial charge in [0.05, 0.1) is 21.8 Å². The van der Waals surface area contributed by atoms with E-state index in [0.29, 0.717) is 46.4 Å². The first-order valence-corrected chi connectivity index (χ1v) is 11.4. The van der Waals surface area contributed by atoms with Crippen LogP contribution in [0.25, 0.3) is 21.8 Å². The van der Waals surface area contributed by atoms with Gasteiger partial charge >= 0.3 is 11.3 Å². The number of aryl methyl sites for hydroxylation is 2. The van der Waals surface area contributed by atoms with Gasteiger partial charge in [-0.15, -0.1) is 0 Å². The lowest BCUT2D eigenvalue weighted by molar-refractivity contribution is 0.214. The van der Waals surface area contributed by atoms with Crippen molar-refractivity contribution in [1.82, 2.24) is 9.97 Å². The van der Waals surface area contributed by atoms with E-state index in [-0.39, 0.29) is 0 Å². The number of fused-ring (bicyclic) bond motifs is 2. The predicted molar refractivity (Wildman–Crippen MR) is 123 cm³/mol. The first-order chi connectivity index (χ1) is 15.5. The van der Waals surface area contributed by atoms with Crippen LogP contribution in [-0.2, 0) is 18.3 Å². The predicted octanol–water partition coefficient (Wildman–Crippen LogP) is 5.06. The Balaban J connectivity index is 1.73. The molecule has 2 aromatic heterocycles. The van der Waals surface area contributed by atoms with Crippen molar-refractivity contribution in [2.24, 2.45) is 0 Å². The maximum absolute atomic E-state index is 12.9. The average Bonchev–Trinajstić information content (AvgIpc) is 2.84. The second kappa shape index (κ2) is 8.01. The lowest BCUT2D eigenvalue weighted by atomic mass is 9.73. The molecule has 2 heterocycles. The van der Waals surface area contributed by atoms with Crippen molar-refractivity contribution >= 4 is 21.8 Å². The molecule has 0 amide bonds. The minimum atomic E-state index is -0.828. The highest BCUT2D eigenvalue weighted by molar-refractivity contribution is 5.79. The quantitative estimate of drug-likeness (QED) is 0.450. The zero-order valence-electron chi connectivity index (χ0n) is 18.4. The summed E-state index contributed by atoms with van der Waals surface area (Å²) in [7, 11) is 0. The molecule has 0 atom stereocenters. The largest absolute Gasteiger partial charge is 0.407 e. The van der Waals surface area contributed by atoms with Gasteiger partial charge in [0.15, 0.2) is 0 Å². The van der Waals surface area contributed by atoms with Gasteiger partial charge in [-0.1, -0.05) is 45.2 Å². The van der Waals surface area contributed by atoms with Gasteiger partial charge in [0.2, 0.25) is 11.8 Å². The van der Waals surface area contributed by atoms with E-state index in [2.05, 4.69) is 0 Å². The van der Waals surface area contributed by atoms with Gasteiger partial charge < -0.3 is 8.83 Å². The highest BCUT2D eigenvalue weighted by Crippen LogP contribution is 2.43. The van der Waals surface area contributed by atoms with Crippen LogP contribution in [0.3, 0.4) is 0 Å². The van der Waals surface area contributed by atoms with Crippen LogP contribution in [0.15, 0.2) is 54.8 Å². The summed E-state index contributed by atoms with van der Waals surface area (Å²) in [5.74, 6) is 0.582. The number of aromatic nitrogens is 2. The van der Waals surface area contributed by atoms with Gasteiger partial charge in [0.1, 0.15) is 5.41 Å². The maximum Gasteiger partial charge on any atom is 0.346 e. The third-order valence-electron chi connectivity index (χ3n) is 6.73. The van der Waals surface area contributed by atoms with E-state index in [1.807, 2.05) is 50.2 Å². The summed E-state index contributed by atoms with van der Waals surface area (Å²) in [6.07, 6.45) is 5.87. The molecule has 0 bridgehead atoms. The molecule has 32 heavy (non-hydrogen) atoms. The van der Waals surface area contributed by atoms with Crippen molar-refractivity contribution in [2.45, 2.75) is 64.2 Å². The standard InChI is InChI=1S/C26H26N2O4/c1-3-16-8-10-20-18(14-16)22(29)31-24(27-20)26(12-6-5-7-13-26)25-28-21-11-9-17(4-2)15-19(21)23(30)32-25/h8-11,14-15H,3-7,12-13H2,1-2H3. The molecule has 164 valence electrons. The number of nitrogens with zero attached hydrogens (tertiary/aromatic N) is 2. The Labute approximate surface area is 185 Å². The molecular weight excluding hydrogens is 404 g/mol. The summed E-state index contributed by atoms with van der Waals surface area (Å²) in [5.41, 5.74) is 1.64. The summed E-state index contributed by atoms with van der Waals surface area (Å²) in [5, 5.41) is 0.943. The van der Waals surface area contributed by atoms with Crippen molar-refractivity contribution in [3.05, 3.63) is 80.1 Å². The molecule has 0 unspecified atom stereocenters. The molecule has 0 spiro atoms. The molecule has 4 aromatic rings. The minimum absolute atomic E-state index is 0.291. The van der Waals surface area contributed by atoms with E-state index in [1.165, 1.54) is 0 Å². The molecular formula is C26H26N2O4. The Bertz CT molecular complexity index is 1320. The fourth-order valence-electron chi connectivity index (χ4n) is 4.76. The van der Waals surface area contributed by atoms with Crippen molar-refractivity contribution < 1.29 is 8.83 Å². The van der Waals surface area contributed by atoms with Gasteiger partial charge in [-0.25, -0.2) is 19.6 Å². The molecule has 6 nitrogen and oxygen atoms in total. The Hall–Kier alpha value is -3.28. The van der Waals surface area contributed by atoms with E-state index < -0.39 is 16.7 Å². The Morgan fingerprint density at radius 2 is 1.22 bits per heavy atom. The Kier molecular flexibility index (Phi) is 5.16. The van der Waals surface area contributed by atoms with Crippen LogP contribution in [-0.4, -0.2) is 9.97 Å². The van der Waals surface area contributed by atoms with Gasteiger partial charge in [-0.2, -0.15) is 0 Å². The van der Waals surface area contributed by atoms with Crippen LogP contribution in [0.1, 0.15) is 68.9 Å². The Morgan fingerprint density at radius 1 is 0.750 bits per heavy atom. The minimum Gasteiger partial charge on any atom is -0.407 e. The fourth-order valence-corrected chi connectivity index (χ4v) is 4.76. The van der Waals surface area contributed by atoms with Crippen molar-refractivity contribution in [2.75, 3.05) is 0 Å². The molecule has 0 saturated heterocycles. The topological polar surface area (TPSA) is 86.2 Å². The first-order valence-electron chi connectivity index (χ1n) is 11.4. The highest BCUT2D eigenvalue weighted by atomic mass is 16.4. The lowest BCUT2D eigenvalue weighted by Crippen LogP contribution is -2.34. The maximum atomic E-state index is 12.9. The second-order valence-corrected chi connectivity index (χ2v) is 8.67. The molecule has 2 aromatic carbocycles. The smallest absolute Gasteiger partial charge is 0.346 e. The zero-order chi connectivity index (χ0) is 22.3. The van der Waals surface area contributed by atoms with Crippen LogP contribution < -0.4 is 11.3 Å². The average molecular weight is 431 g/mol. The van der Waals surface area contributed by atoms with E-state index >= 15 is 0 Å². The molecule has 0 N–H and O–H groups in total. The van der Waals surface area contributed by atoms with Crippen molar-refractivity contribution in [1.29, 1.82) is 0 Å². The summed E-state index contributed by atoms with van der Waals surface area (Å²) in [4.78, 5) is 35.3. The SMILES string of the molecule is CCc1ccc2nc(C3(c4nc5ccc(CC)cc5c(=O)o4)CCCCC3)oc(=O)c2c1.